The van der Waals surface area contributed by atoms with Crippen LogP contribution in [0.3, 0.4) is 0 Å². The average Bonchev–Trinajstić information content (AvgIpc) is 3.35. The number of nitrogens with zero attached hydrogens (tertiary/aromatic N) is 3. The van der Waals surface area contributed by atoms with Crippen molar-refractivity contribution in [3.05, 3.63) is 40.9 Å². The Hall–Kier alpha value is -1.54. The zero-order chi connectivity index (χ0) is 18.3. The first-order valence-electron chi connectivity index (χ1n) is 8.87. The predicted molar refractivity (Wildman–Crippen MR) is 117 cm³/mol. The summed E-state index contributed by atoms with van der Waals surface area (Å²) in [6.07, 6.45) is 0. The van der Waals surface area contributed by atoms with E-state index in [0.29, 0.717) is 23.6 Å². The van der Waals surface area contributed by atoms with Gasteiger partial charge < -0.3 is 15.0 Å². The molecular weight excluding hydrogens is 419 g/mol. The molecule has 2 aromatic rings. The van der Waals surface area contributed by atoms with Crippen LogP contribution in [0.25, 0.3) is 0 Å². The van der Waals surface area contributed by atoms with Crippen LogP contribution in [0.4, 0.5) is 5.13 Å². The third-order valence-corrected chi connectivity index (χ3v) is 6.44. The minimum absolute atomic E-state index is 0. The highest BCUT2D eigenvalue weighted by Gasteiger charge is 2.47. The zero-order valence-corrected chi connectivity index (χ0v) is 18.6. The van der Waals surface area contributed by atoms with Crippen molar-refractivity contribution < 1.29 is 9.53 Å². The molecule has 0 bridgehead atoms. The van der Waals surface area contributed by atoms with Gasteiger partial charge in [-0.25, -0.2) is 4.98 Å². The number of amides is 1. The van der Waals surface area contributed by atoms with Gasteiger partial charge in [0.15, 0.2) is 5.13 Å². The monoisotopic (exact) mass is 444 g/mol. The Bertz CT molecular complexity index is 801. The van der Waals surface area contributed by atoms with Crippen molar-refractivity contribution in [2.75, 3.05) is 46.2 Å². The molecule has 2 fully saturated rings. The third-order valence-electron chi connectivity index (χ3n) is 5.58. The zero-order valence-electron chi connectivity index (χ0n) is 16.1. The van der Waals surface area contributed by atoms with Gasteiger partial charge >= 0.3 is 0 Å². The first-order valence-corrected chi connectivity index (χ1v) is 9.75. The van der Waals surface area contributed by atoms with Crippen LogP contribution in [0.5, 0.6) is 5.75 Å². The van der Waals surface area contributed by atoms with Gasteiger partial charge in [-0.1, -0.05) is 12.1 Å². The summed E-state index contributed by atoms with van der Waals surface area (Å²) in [4.78, 5) is 21.6. The highest BCUT2D eigenvalue weighted by molar-refractivity contribution is 7.13. The lowest BCUT2D eigenvalue weighted by molar-refractivity contribution is 0.0763. The molecule has 0 aliphatic carbocycles. The number of benzene rings is 1. The first-order chi connectivity index (χ1) is 12.6. The predicted octanol–water partition coefficient (Wildman–Crippen LogP) is 3.41. The summed E-state index contributed by atoms with van der Waals surface area (Å²) < 4.78 is 5.28. The fourth-order valence-corrected chi connectivity index (χ4v) is 5.02. The summed E-state index contributed by atoms with van der Waals surface area (Å²) in [7, 11) is 5.69. The average molecular weight is 445 g/mol. The van der Waals surface area contributed by atoms with Gasteiger partial charge in [-0.3, -0.25) is 9.69 Å². The second-order valence-corrected chi connectivity index (χ2v) is 7.94. The number of ether oxygens (including phenoxy) is 1. The number of anilines is 1. The molecular formula is C19H26Cl2N4O2S. The minimum atomic E-state index is 0. The lowest BCUT2D eigenvalue weighted by Crippen LogP contribution is -2.33. The topological polar surface area (TPSA) is 57.7 Å². The van der Waals surface area contributed by atoms with Crippen molar-refractivity contribution in [2.45, 2.75) is 6.04 Å². The fourth-order valence-electron chi connectivity index (χ4n) is 4.38. The molecule has 28 heavy (non-hydrogen) atoms. The van der Waals surface area contributed by atoms with Crippen LogP contribution in [0.2, 0.25) is 0 Å². The Morgan fingerprint density at radius 1 is 1.21 bits per heavy atom. The van der Waals surface area contributed by atoms with Gasteiger partial charge in [0.2, 0.25) is 0 Å². The second kappa shape index (κ2) is 9.31. The number of carbonyl (C=O) groups is 1. The first kappa shape index (κ1) is 22.7. The van der Waals surface area contributed by atoms with Crippen LogP contribution in [-0.2, 0) is 0 Å². The molecule has 1 aromatic carbocycles. The normalized spacial score (nSPS) is 23.5. The number of nitrogens with one attached hydrogen (secondary N) is 1. The van der Waals surface area contributed by atoms with E-state index in [4.69, 9.17) is 4.74 Å². The van der Waals surface area contributed by atoms with Gasteiger partial charge in [0.05, 0.1) is 7.11 Å². The molecule has 2 aliphatic rings. The number of fused-ring (bicyclic) bond motifs is 1. The maximum Gasteiger partial charge on any atom is 0.273 e. The number of rotatable bonds is 4. The number of thiazole rings is 1. The van der Waals surface area contributed by atoms with Crippen LogP contribution in [0.15, 0.2) is 29.6 Å². The van der Waals surface area contributed by atoms with Crippen molar-refractivity contribution in [1.29, 1.82) is 0 Å². The second-order valence-electron chi connectivity index (χ2n) is 7.08. The largest absolute Gasteiger partial charge is 0.497 e. The minimum Gasteiger partial charge on any atom is -0.497 e. The van der Waals surface area contributed by atoms with Crippen molar-refractivity contribution in [2.24, 2.45) is 11.8 Å². The molecule has 0 radical (unpaired) electrons. The van der Waals surface area contributed by atoms with E-state index in [1.165, 1.54) is 16.9 Å². The van der Waals surface area contributed by atoms with E-state index < -0.39 is 0 Å². The van der Waals surface area contributed by atoms with Crippen molar-refractivity contribution in [3.8, 4) is 5.75 Å². The number of hydrogen-bond donors (Lipinski definition) is 1. The lowest BCUT2D eigenvalue weighted by atomic mass is 9.89. The standard InChI is InChI=1S/C19H24N4O2S.2ClH/c1-20-19-21-16(11-26-19)18(24)23-9-13-8-22(2)17(15(13)10-23)12-4-6-14(25-3)7-5-12;;/h4-7,11,13,15,17H,8-10H2,1-3H3,(H,20,21);2*1H/t13-,15+,17+;;/m0../s1. The Morgan fingerprint density at radius 3 is 2.54 bits per heavy atom. The molecule has 2 aliphatic heterocycles. The molecule has 4 rings (SSSR count). The summed E-state index contributed by atoms with van der Waals surface area (Å²) in [5, 5.41) is 5.62. The molecule has 3 heterocycles. The molecule has 154 valence electrons. The van der Waals surface area contributed by atoms with Crippen LogP contribution in [-0.4, -0.2) is 61.5 Å². The maximum atomic E-state index is 12.8. The van der Waals surface area contributed by atoms with Gasteiger partial charge in [-0.15, -0.1) is 36.2 Å². The quantitative estimate of drug-likeness (QED) is 0.782. The molecule has 1 N–H and O–H groups in total. The highest BCUT2D eigenvalue weighted by atomic mass is 35.5. The van der Waals surface area contributed by atoms with Gasteiger partial charge in [-0.05, 0) is 30.7 Å². The highest BCUT2D eigenvalue weighted by Crippen LogP contribution is 2.44. The lowest BCUT2D eigenvalue weighted by Gasteiger charge is -2.26. The van der Waals surface area contributed by atoms with E-state index in [0.717, 1.165) is 30.5 Å². The van der Waals surface area contributed by atoms with E-state index >= 15 is 0 Å². The van der Waals surface area contributed by atoms with Crippen LogP contribution >= 0.6 is 36.2 Å². The van der Waals surface area contributed by atoms with Crippen LogP contribution < -0.4 is 10.1 Å². The summed E-state index contributed by atoms with van der Waals surface area (Å²) in [5.41, 5.74) is 1.84. The molecule has 3 atom stereocenters. The van der Waals surface area contributed by atoms with E-state index in [1.54, 1.807) is 7.11 Å². The van der Waals surface area contributed by atoms with E-state index in [-0.39, 0.29) is 30.7 Å². The molecule has 0 unspecified atom stereocenters. The number of halogens is 2. The molecule has 0 saturated carbocycles. The Morgan fingerprint density at radius 2 is 1.93 bits per heavy atom. The number of aromatic nitrogens is 1. The number of methoxy groups -OCH3 is 1. The summed E-state index contributed by atoms with van der Waals surface area (Å²) in [5.74, 6) is 1.89. The van der Waals surface area contributed by atoms with Gasteiger partial charge in [0.25, 0.3) is 5.91 Å². The molecule has 0 spiro atoms. The molecule has 6 nitrogen and oxygen atoms in total. The Balaban J connectivity index is 0.00000140. The van der Waals surface area contributed by atoms with E-state index in [1.807, 2.05) is 29.5 Å². The van der Waals surface area contributed by atoms with Gasteiger partial charge in [0.1, 0.15) is 11.4 Å². The molecule has 9 heteroatoms. The van der Waals surface area contributed by atoms with Gasteiger partial charge in [0, 0.05) is 44.0 Å². The number of hydrogen-bond acceptors (Lipinski definition) is 6. The fraction of sp³-hybridized carbons (Fsp3) is 0.474. The van der Waals surface area contributed by atoms with Crippen LogP contribution in [0.1, 0.15) is 22.1 Å². The number of likely N-dealkylation sites (tertiary alicyclic amines) is 2. The Labute approximate surface area is 182 Å². The summed E-state index contributed by atoms with van der Waals surface area (Å²) in [6, 6.07) is 8.66. The maximum absolute atomic E-state index is 12.8. The number of carbonyl (C=O) groups excluding carboxylic acids is 1. The molecule has 1 amide bonds. The van der Waals surface area contributed by atoms with E-state index in [9.17, 15) is 4.79 Å². The van der Waals surface area contributed by atoms with Crippen molar-refractivity contribution in [3.63, 3.8) is 0 Å². The Kier molecular flexibility index (Phi) is 7.56. The van der Waals surface area contributed by atoms with Crippen molar-refractivity contribution >= 4 is 47.2 Å². The summed E-state index contributed by atoms with van der Waals surface area (Å²) >= 11 is 1.47. The van der Waals surface area contributed by atoms with Crippen LogP contribution in [0, 0.1) is 11.8 Å². The SMILES string of the molecule is CNc1nc(C(=O)N2C[C@@H]3CN(C)[C@H](c4ccc(OC)cc4)[C@@H]3C2)cs1.Cl.Cl. The van der Waals surface area contributed by atoms with Crippen molar-refractivity contribution in [1.82, 2.24) is 14.8 Å². The molecule has 1 aromatic heterocycles. The smallest absolute Gasteiger partial charge is 0.273 e. The van der Waals surface area contributed by atoms with E-state index in [2.05, 4.69) is 34.4 Å². The summed E-state index contributed by atoms with van der Waals surface area (Å²) in [6.45, 7) is 2.62. The molecule has 2 saturated heterocycles. The van der Waals surface area contributed by atoms with Gasteiger partial charge in [-0.2, -0.15) is 0 Å². The third kappa shape index (κ3) is 4.08.